The summed E-state index contributed by atoms with van der Waals surface area (Å²) in [5.41, 5.74) is 8.14. The van der Waals surface area contributed by atoms with Gasteiger partial charge in [-0.2, -0.15) is 0 Å². The molecule has 5 heteroatoms. The van der Waals surface area contributed by atoms with Gasteiger partial charge in [-0.15, -0.1) is 0 Å². The number of hydrogen-bond acceptors (Lipinski definition) is 4. The largest absolute Gasteiger partial charge is 0.494 e. The van der Waals surface area contributed by atoms with Crippen LogP contribution >= 0.6 is 0 Å². The van der Waals surface area contributed by atoms with E-state index in [1.807, 2.05) is 13.0 Å². The van der Waals surface area contributed by atoms with Crippen LogP contribution in [-0.2, 0) is 6.42 Å². The molecule has 1 aromatic heterocycles. The highest BCUT2D eigenvalue weighted by Gasteiger charge is 2.12. The second kappa shape index (κ2) is 5.24. The molecule has 1 aromatic carbocycles. The zero-order valence-electron chi connectivity index (χ0n) is 10.9. The van der Waals surface area contributed by atoms with Crippen molar-refractivity contribution in [1.82, 2.24) is 4.98 Å². The van der Waals surface area contributed by atoms with E-state index in [2.05, 4.69) is 4.98 Å². The molecule has 0 unspecified atom stereocenters. The fourth-order valence-electron chi connectivity index (χ4n) is 2.06. The van der Waals surface area contributed by atoms with Gasteiger partial charge in [0.1, 0.15) is 11.3 Å². The molecule has 0 fully saturated rings. The van der Waals surface area contributed by atoms with Gasteiger partial charge in [-0.25, -0.2) is 4.98 Å². The fourth-order valence-corrected chi connectivity index (χ4v) is 2.06. The van der Waals surface area contributed by atoms with Crippen molar-refractivity contribution in [3.63, 3.8) is 0 Å². The van der Waals surface area contributed by atoms with Crippen LogP contribution < -0.4 is 10.5 Å². The molecule has 2 rings (SSSR count). The van der Waals surface area contributed by atoms with Gasteiger partial charge in [0.2, 0.25) is 5.91 Å². The third kappa shape index (κ3) is 2.51. The molecule has 0 radical (unpaired) electrons. The summed E-state index contributed by atoms with van der Waals surface area (Å²) in [5, 5.41) is 9.83. The topological polar surface area (TPSA) is 85.4 Å². The van der Waals surface area contributed by atoms with Gasteiger partial charge >= 0.3 is 0 Å². The van der Waals surface area contributed by atoms with Crippen molar-refractivity contribution in [2.24, 2.45) is 5.73 Å². The fraction of sp³-hybridized carbons (Fsp3) is 0.286. The molecule has 3 N–H and O–H groups in total. The smallest absolute Gasteiger partial charge is 0.248 e. The number of aliphatic hydroxyl groups is 1. The lowest BCUT2D eigenvalue weighted by atomic mass is 10.1. The van der Waals surface area contributed by atoms with Crippen molar-refractivity contribution in [3.05, 3.63) is 35.0 Å². The van der Waals surface area contributed by atoms with Crippen molar-refractivity contribution in [2.45, 2.75) is 13.3 Å². The molecule has 0 aliphatic rings. The molecule has 0 saturated carbocycles. The summed E-state index contributed by atoms with van der Waals surface area (Å²) in [6.45, 7) is 1.96. The van der Waals surface area contributed by atoms with Gasteiger partial charge in [-0.1, -0.05) is 0 Å². The summed E-state index contributed by atoms with van der Waals surface area (Å²) in [4.78, 5) is 15.8. The molecule has 0 saturated heterocycles. The summed E-state index contributed by atoms with van der Waals surface area (Å²) in [7, 11) is 1.52. The number of benzene rings is 1. The highest BCUT2D eigenvalue weighted by atomic mass is 16.5. The number of amides is 1. The number of pyridine rings is 1. The van der Waals surface area contributed by atoms with E-state index in [1.54, 1.807) is 12.1 Å². The van der Waals surface area contributed by atoms with Crippen LogP contribution in [0.3, 0.4) is 0 Å². The van der Waals surface area contributed by atoms with Crippen LogP contribution in [0, 0.1) is 6.92 Å². The van der Waals surface area contributed by atoms with E-state index in [9.17, 15) is 4.79 Å². The summed E-state index contributed by atoms with van der Waals surface area (Å²) < 4.78 is 5.26. The van der Waals surface area contributed by atoms with Crippen LogP contribution in [0.4, 0.5) is 0 Å². The Morgan fingerprint density at radius 3 is 2.74 bits per heavy atom. The number of nitrogens with zero attached hydrogens (tertiary/aromatic N) is 1. The van der Waals surface area contributed by atoms with Gasteiger partial charge in [-0.3, -0.25) is 4.79 Å². The summed E-state index contributed by atoms with van der Waals surface area (Å²) in [5.74, 6) is 0.00257. The number of aliphatic hydroxyl groups excluding tert-OH is 1. The third-order valence-corrected chi connectivity index (χ3v) is 3.03. The van der Waals surface area contributed by atoms with Crippen LogP contribution in [0.1, 0.15) is 21.6 Å². The van der Waals surface area contributed by atoms with Crippen LogP contribution in [-0.4, -0.2) is 29.7 Å². The van der Waals surface area contributed by atoms with E-state index in [1.165, 1.54) is 7.11 Å². The van der Waals surface area contributed by atoms with Crippen LogP contribution in [0.25, 0.3) is 10.9 Å². The zero-order chi connectivity index (χ0) is 14.0. The number of fused-ring (bicyclic) bond motifs is 1. The molecule has 100 valence electrons. The number of carbonyl (C=O) groups excluding carboxylic acids is 1. The Morgan fingerprint density at radius 2 is 2.16 bits per heavy atom. The van der Waals surface area contributed by atoms with Crippen LogP contribution in [0.5, 0.6) is 5.75 Å². The minimum atomic E-state index is -0.503. The van der Waals surface area contributed by atoms with E-state index in [0.29, 0.717) is 23.3 Å². The first-order chi connectivity index (χ1) is 9.06. The highest BCUT2D eigenvalue weighted by Crippen LogP contribution is 2.27. The SMILES string of the molecule is COc1cc(C(N)=O)cc2cc(C)c(CCO)nc12. The van der Waals surface area contributed by atoms with Crippen molar-refractivity contribution >= 4 is 16.8 Å². The summed E-state index contributed by atoms with van der Waals surface area (Å²) in [6.07, 6.45) is 0.489. The van der Waals surface area contributed by atoms with E-state index in [4.69, 9.17) is 15.6 Å². The average molecular weight is 260 g/mol. The Kier molecular flexibility index (Phi) is 3.66. The Labute approximate surface area is 111 Å². The maximum Gasteiger partial charge on any atom is 0.248 e. The Balaban J connectivity index is 2.71. The minimum Gasteiger partial charge on any atom is -0.494 e. The number of methoxy groups -OCH3 is 1. The molecule has 0 atom stereocenters. The summed E-state index contributed by atoms with van der Waals surface area (Å²) >= 11 is 0. The lowest BCUT2D eigenvalue weighted by Gasteiger charge is -2.10. The Morgan fingerprint density at radius 1 is 1.42 bits per heavy atom. The molecule has 2 aromatic rings. The van der Waals surface area contributed by atoms with Crippen molar-refractivity contribution in [2.75, 3.05) is 13.7 Å². The highest BCUT2D eigenvalue weighted by molar-refractivity contribution is 5.99. The Hall–Kier alpha value is -2.14. The second-order valence-electron chi connectivity index (χ2n) is 4.34. The quantitative estimate of drug-likeness (QED) is 0.864. The number of aromatic nitrogens is 1. The number of ether oxygens (including phenoxy) is 1. The van der Waals surface area contributed by atoms with Gasteiger partial charge in [0, 0.05) is 29.7 Å². The average Bonchev–Trinajstić information content (AvgIpc) is 2.38. The molecule has 1 amide bonds. The molecule has 0 aliphatic carbocycles. The second-order valence-corrected chi connectivity index (χ2v) is 4.34. The first-order valence-electron chi connectivity index (χ1n) is 5.95. The van der Waals surface area contributed by atoms with Crippen LogP contribution in [0.15, 0.2) is 18.2 Å². The number of hydrogen-bond donors (Lipinski definition) is 2. The van der Waals surface area contributed by atoms with E-state index in [-0.39, 0.29) is 6.61 Å². The van der Waals surface area contributed by atoms with E-state index in [0.717, 1.165) is 16.6 Å². The van der Waals surface area contributed by atoms with Gasteiger partial charge in [0.15, 0.2) is 0 Å². The monoisotopic (exact) mass is 260 g/mol. The van der Waals surface area contributed by atoms with Gasteiger partial charge in [-0.05, 0) is 30.7 Å². The molecule has 19 heavy (non-hydrogen) atoms. The first kappa shape index (κ1) is 13.3. The zero-order valence-corrected chi connectivity index (χ0v) is 10.9. The maximum absolute atomic E-state index is 11.3. The molecule has 1 heterocycles. The maximum atomic E-state index is 11.3. The lowest BCUT2D eigenvalue weighted by Crippen LogP contribution is -2.11. The number of aryl methyl sites for hydroxylation is 1. The van der Waals surface area contributed by atoms with Gasteiger partial charge < -0.3 is 15.6 Å². The predicted octanol–water partition coefficient (Wildman–Crippen LogP) is 1.19. The number of nitrogens with two attached hydrogens (primary N) is 1. The van der Waals surface area contributed by atoms with Gasteiger partial charge in [0.05, 0.1) is 7.11 Å². The van der Waals surface area contributed by atoms with Crippen molar-refractivity contribution in [1.29, 1.82) is 0 Å². The number of carbonyl (C=O) groups is 1. The predicted molar refractivity (Wildman–Crippen MR) is 72.3 cm³/mol. The van der Waals surface area contributed by atoms with Gasteiger partial charge in [0.25, 0.3) is 0 Å². The molecule has 0 aliphatic heterocycles. The summed E-state index contributed by atoms with van der Waals surface area (Å²) in [6, 6.07) is 5.20. The molecule has 5 nitrogen and oxygen atoms in total. The van der Waals surface area contributed by atoms with Crippen molar-refractivity contribution in [3.8, 4) is 5.75 Å². The van der Waals surface area contributed by atoms with E-state index < -0.39 is 5.91 Å². The Bertz CT molecular complexity index is 638. The van der Waals surface area contributed by atoms with Crippen molar-refractivity contribution < 1.29 is 14.6 Å². The molecular weight excluding hydrogens is 244 g/mol. The number of rotatable bonds is 4. The standard InChI is InChI=1S/C14H16N2O3/c1-8-5-9-6-10(14(15)18)7-12(19-2)13(9)16-11(8)3-4-17/h5-7,17H,3-4H2,1-2H3,(H2,15,18). The molecule has 0 spiro atoms. The van der Waals surface area contributed by atoms with E-state index >= 15 is 0 Å². The lowest BCUT2D eigenvalue weighted by molar-refractivity contribution is 0.1000. The number of primary amides is 1. The minimum absolute atomic E-state index is 0.0427. The molecular formula is C14H16N2O3. The van der Waals surface area contributed by atoms with Crippen LogP contribution in [0.2, 0.25) is 0 Å². The normalized spacial score (nSPS) is 10.7. The first-order valence-corrected chi connectivity index (χ1v) is 5.95. The molecule has 0 bridgehead atoms. The third-order valence-electron chi connectivity index (χ3n) is 3.03.